The molecule has 2 aromatic rings. The number of Topliss-reactive ketones (excluding diaryl/α,β-unsaturated/α-hetero) is 1. The van der Waals surface area contributed by atoms with Crippen molar-refractivity contribution in [2.24, 2.45) is 0 Å². The van der Waals surface area contributed by atoms with Gasteiger partial charge in [0.15, 0.2) is 12.4 Å². The molecule has 4 rings (SSSR count). The summed E-state index contributed by atoms with van der Waals surface area (Å²) < 4.78 is 4.97. The van der Waals surface area contributed by atoms with Crippen molar-refractivity contribution in [2.75, 3.05) is 13.2 Å². The predicted octanol–water partition coefficient (Wildman–Crippen LogP) is 2.13. The average molecular weight is 363 g/mol. The zero-order chi connectivity index (χ0) is 19.0. The summed E-state index contributed by atoms with van der Waals surface area (Å²) in [4.78, 5) is 48.2. The zero-order valence-corrected chi connectivity index (χ0v) is 14.6. The second-order valence-corrected chi connectivity index (χ2v) is 6.66. The molecule has 2 aromatic carbocycles. The highest BCUT2D eigenvalue weighted by Crippen LogP contribution is 2.36. The van der Waals surface area contributed by atoms with E-state index in [1.54, 1.807) is 6.07 Å². The fraction of sp³-hybridized carbons (Fsp3) is 0.238. The largest absolute Gasteiger partial charge is 0.456 e. The molecular formula is C21H17NO5. The number of carbonyl (C=O) groups is 4. The molecule has 0 unspecified atom stereocenters. The number of hydrogen-bond acceptors (Lipinski definition) is 5. The molecule has 0 radical (unpaired) electrons. The molecule has 136 valence electrons. The zero-order valence-electron chi connectivity index (χ0n) is 14.6. The number of hydrogen-bond donors (Lipinski definition) is 0. The number of benzene rings is 2. The van der Waals surface area contributed by atoms with Gasteiger partial charge in [0.25, 0.3) is 0 Å². The highest BCUT2D eigenvalue weighted by molar-refractivity contribution is 6.04. The van der Waals surface area contributed by atoms with Crippen LogP contribution in [0.4, 0.5) is 0 Å². The number of ether oxygens (including phenoxy) is 1. The molecule has 2 aliphatic rings. The lowest BCUT2D eigenvalue weighted by Gasteiger charge is -2.12. The first kappa shape index (κ1) is 17.1. The van der Waals surface area contributed by atoms with Gasteiger partial charge in [0.2, 0.25) is 11.8 Å². The quantitative estimate of drug-likeness (QED) is 0.394. The standard InChI is InChI=1S/C21H17NO5/c23-18(12-27-21(26)11-22-19(24)7-8-20(22)25)15-6-5-14-9-13-3-1-2-4-16(13)17(14)10-15/h1-6,10H,7-9,11-12H2. The van der Waals surface area contributed by atoms with E-state index >= 15 is 0 Å². The molecule has 27 heavy (non-hydrogen) atoms. The van der Waals surface area contributed by atoms with Crippen molar-refractivity contribution in [1.29, 1.82) is 0 Å². The number of likely N-dealkylation sites (tertiary alicyclic amines) is 1. The van der Waals surface area contributed by atoms with Crippen molar-refractivity contribution in [3.8, 4) is 11.1 Å². The van der Waals surface area contributed by atoms with Gasteiger partial charge in [0.05, 0.1) is 0 Å². The minimum atomic E-state index is -0.765. The van der Waals surface area contributed by atoms with Crippen molar-refractivity contribution >= 4 is 23.6 Å². The van der Waals surface area contributed by atoms with Crippen molar-refractivity contribution in [3.63, 3.8) is 0 Å². The lowest BCUT2D eigenvalue weighted by Crippen LogP contribution is -2.35. The Morgan fingerprint density at radius 1 is 0.926 bits per heavy atom. The molecule has 6 nitrogen and oxygen atoms in total. The van der Waals surface area contributed by atoms with E-state index in [2.05, 4.69) is 6.07 Å². The Balaban J connectivity index is 1.41. The third-order valence-corrected chi connectivity index (χ3v) is 4.93. The van der Waals surface area contributed by atoms with Gasteiger partial charge in [-0.2, -0.15) is 0 Å². The molecule has 1 heterocycles. The van der Waals surface area contributed by atoms with Crippen molar-refractivity contribution in [3.05, 3.63) is 59.2 Å². The Hall–Kier alpha value is -3.28. The maximum Gasteiger partial charge on any atom is 0.326 e. The van der Waals surface area contributed by atoms with E-state index in [4.69, 9.17) is 4.74 Å². The highest BCUT2D eigenvalue weighted by atomic mass is 16.5. The fourth-order valence-electron chi connectivity index (χ4n) is 3.50. The molecule has 0 atom stereocenters. The highest BCUT2D eigenvalue weighted by Gasteiger charge is 2.31. The number of rotatable bonds is 5. The second kappa shape index (κ2) is 6.79. The molecule has 0 saturated carbocycles. The number of fused-ring (bicyclic) bond motifs is 3. The lowest BCUT2D eigenvalue weighted by atomic mass is 10.0. The van der Waals surface area contributed by atoms with Crippen LogP contribution in [0.3, 0.4) is 0 Å². The van der Waals surface area contributed by atoms with Crippen LogP contribution in [0, 0.1) is 0 Å². The Bertz CT molecular complexity index is 962. The third kappa shape index (κ3) is 3.26. The summed E-state index contributed by atoms with van der Waals surface area (Å²) in [7, 11) is 0. The maximum atomic E-state index is 12.4. The summed E-state index contributed by atoms with van der Waals surface area (Å²) in [6, 6.07) is 13.5. The van der Waals surface area contributed by atoms with Crippen LogP contribution in [0.5, 0.6) is 0 Å². The third-order valence-electron chi connectivity index (χ3n) is 4.93. The first-order chi connectivity index (χ1) is 13.0. The monoisotopic (exact) mass is 363 g/mol. The van der Waals surface area contributed by atoms with E-state index in [1.807, 2.05) is 30.3 Å². The van der Waals surface area contributed by atoms with Gasteiger partial charge in [-0.25, -0.2) is 0 Å². The van der Waals surface area contributed by atoms with Gasteiger partial charge in [0, 0.05) is 18.4 Å². The van der Waals surface area contributed by atoms with Crippen LogP contribution in [-0.2, 0) is 25.5 Å². The Morgan fingerprint density at radius 2 is 1.63 bits per heavy atom. The van der Waals surface area contributed by atoms with Gasteiger partial charge < -0.3 is 4.74 Å². The predicted molar refractivity (Wildman–Crippen MR) is 95.9 cm³/mol. The number of carbonyl (C=O) groups excluding carboxylic acids is 4. The van der Waals surface area contributed by atoms with Gasteiger partial charge in [-0.1, -0.05) is 36.4 Å². The van der Waals surface area contributed by atoms with Gasteiger partial charge in [-0.05, 0) is 34.7 Å². The summed E-state index contributed by atoms with van der Waals surface area (Å²) in [6.45, 7) is -0.863. The van der Waals surface area contributed by atoms with Crippen molar-refractivity contribution in [2.45, 2.75) is 19.3 Å². The van der Waals surface area contributed by atoms with E-state index in [1.165, 1.54) is 5.56 Å². The molecule has 1 fully saturated rings. The Kier molecular flexibility index (Phi) is 4.32. The molecule has 0 spiro atoms. The maximum absolute atomic E-state index is 12.4. The minimum Gasteiger partial charge on any atom is -0.456 e. The molecule has 1 aliphatic carbocycles. The summed E-state index contributed by atoms with van der Waals surface area (Å²) in [5.41, 5.74) is 4.99. The number of esters is 1. The van der Waals surface area contributed by atoms with Gasteiger partial charge >= 0.3 is 5.97 Å². The first-order valence-electron chi connectivity index (χ1n) is 8.76. The Labute approximate surface area is 155 Å². The summed E-state index contributed by atoms with van der Waals surface area (Å²) in [5, 5.41) is 0. The molecule has 1 saturated heterocycles. The van der Waals surface area contributed by atoms with E-state index in [0.717, 1.165) is 28.0 Å². The molecule has 1 aliphatic heterocycles. The summed E-state index contributed by atoms with van der Waals surface area (Å²) in [6.07, 6.45) is 1.07. The van der Waals surface area contributed by atoms with Gasteiger partial charge in [-0.3, -0.25) is 24.1 Å². The SMILES string of the molecule is O=C(CN1C(=O)CCC1=O)OCC(=O)c1ccc2c(c1)-c1ccccc1C2. The first-order valence-corrected chi connectivity index (χ1v) is 8.76. The van der Waals surface area contributed by atoms with E-state index in [0.29, 0.717) is 5.56 Å². The summed E-state index contributed by atoms with van der Waals surface area (Å²) in [5.74, 6) is -1.87. The summed E-state index contributed by atoms with van der Waals surface area (Å²) >= 11 is 0. The van der Waals surface area contributed by atoms with E-state index in [-0.39, 0.29) is 30.4 Å². The van der Waals surface area contributed by atoms with Gasteiger partial charge in [0.1, 0.15) is 6.54 Å². The van der Waals surface area contributed by atoms with Crippen LogP contribution in [0.25, 0.3) is 11.1 Å². The van der Waals surface area contributed by atoms with E-state index in [9.17, 15) is 19.2 Å². The topological polar surface area (TPSA) is 80.8 Å². The molecule has 0 bridgehead atoms. The number of ketones is 1. The molecule has 0 N–H and O–H groups in total. The van der Waals surface area contributed by atoms with Gasteiger partial charge in [-0.15, -0.1) is 0 Å². The minimum absolute atomic E-state index is 0.113. The average Bonchev–Trinajstić information content (AvgIpc) is 3.20. The lowest BCUT2D eigenvalue weighted by molar-refractivity contribution is -0.151. The van der Waals surface area contributed by atoms with E-state index < -0.39 is 19.1 Å². The van der Waals surface area contributed by atoms with Crippen molar-refractivity contribution in [1.82, 2.24) is 4.90 Å². The number of amides is 2. The fourth-order valence-corrected chi connectivity index (χ4v) is 3.50. The smallest absolute Gasteiger partial charge is 0.326 e. The van der Waals surface area contributed by atoms with Crippen LogP contribution in [0.2, 0.25) is 0 Å². The molecule has 2 amide bonds. The number of nitrogens with zero attached hydrogens (tertiary/aromatic N) is 1. The van der Waals surface area contributed by atoms with Crippen LogP contribution in [-0.4, -0.2) is 41.6 Å². The Morgan fingerprint density at radius 3 is 2.41 bits per heavy atom. The number of imide groups is 1. The van der Waals surface area contributed by atoms with Crippen LogP contribution in [0.1, 0.15) is 34.3 Å². The molecule has 0 aromatic heterocycles. The molecule has 6 heteroatoms. The molecular weight excluding hydrogens is 346 g/mol. The van der Waals surface area contributed by atoms with Crippen LogP contribution >= 0.6 is 0 Å². The van der Waals surface area contributed by atoms with Crippen LogP contribution < -0.4 is 0 Å². The van der Waals surface area contributed by atoms with Crippen LogP contribution in [0.15, 0.2) is 42.5 Å². The normalized spacial score (nSPS) is 14.9. The van der Waals surface area contributed by atoms with Crippen molar-refractivity contribution < 1.29 is 23.9 Å². The second-order valence-electron chi connectivity index (χ2n) is 6.66.